The molecule has 4 heteroatoms. The first-order valence-corrected chi connectivity index (χ1v) is 5.92. The Kier molecular flexibility index (Phi) is 4.59. The molecule has 1 rings (SSSR count). The van der Waals surface area contributed by atoms with Gasteiger partial charge in [-0.05, 0) is 42.9 Å². The Balaban J connectivity index is 2.31. The predicted octanol–water partition coefficient (Wildman–Crippen LogP) is 2.51. The van der Waals surface area contributed by atoms with Gasteiger partial charge in [0, 0.05) is 6.61 Å². The van der Waals surface area contributed by atoms with Gasteiger partial charge in [-0.2, -0.15) is 0 Å². The van der Waals surface area contributed by atoms with Gasteiger partial charge < -0.3 is 14.9 Å². The highest BCUT2D eigenvalue weighted by atomic mass is 16.7. The van der Waals surface area contributed by atoms with E-state index < -0.39 is 6.16 Å². The van der Waals surface area contributed by atoms with E-state index in [1.54, 1.807) is 0 Å². The van der Waals surface area contributed by atoms with Gasteiger partial charge in [-0.15, -0.1) is 0 Å². The van der Waals surface area contributed by atoms with Crippen molar-refractivity contribution in [3.05, 3.63) is 0 Å². The summed E-state index contributed by atoms with van der Waals surface area (Å²) in [5, 5.41) is 17.7. The summed E-state index contributed by atoms with van der Waals surface area (Å²) < 4.78 is 4.60. The van der Waals surface area contributed by atoms with E-state index in [2.05, 4.69) is 18.6 Å². The Hall–Kier alpha value is -0.770. The third-order valence-corrected chi connectivity index (χ3v) is 3.80. The van der Waals surface area contributed by atoms with Crippen LogP contribution in [0.1, 0.15) is 39.5 Å². The van der Waals surface area contributed by atoms with Crippen molar-refractivity contribution in [1.29, 1.82) is 0 Å². The maximum Gasteiger partial charge on any atom is 0.505 e. The number of carboxylic acid groups (broad SMARTS) is 1. The Morgan fingerprint density at radius 1 is 1.31 bits per heavy atom. The molecule has 0 saturated heterocycles. The van der Waals surface area contributed by atoms with Crippen LogP contribution in [0.5, 0.6) is 0 Å². The first-order chi connectivity index (χ1) is 7.45. The highest BCUT2D eigenvalue weighted by molar-refractivity contribution is 5.56. The molecule has 16 heavy (non-hydrogen) atoms. The summed E-state index contributed by atoms with van der Waals surface area (Å²) >= 11 is 0. The molecule has 0 amide bonds. The van der Waals surface area contributed by atoms with E-state index in [9.17, 15) is 9.90 Å². The summed E-state index contributed by atoms with van der Waals surface area (Å²) in [7, 11) is 0. The molecule has 0 heterocycles. The van der Waals surface area contributed by atoms with Crippen LogP contribution in [-0.4, -0.2) is 29.6 Å². The minimum atomic E-state index is -1.18. The van der Waals surface area contributed by atoms with Crippen molar-refractivity contribution < 1.29 is 19.7 Å². The van der Waals surface area contributed by atoms with Crippen LogP contribution in [0.15, 0.2) is 0 Å². The highest BCUT2D eigenvalue weighted by Crippen LogP contribution is 2.39. The van der Waals surface area contributed by atoms with Crippen molar-refractivity contribution in [2.75, 3.05) is 13.2 Å². The topological polar surface area (TPSA) is 66.8 Å². The molecule has 0 aromatic carbocycles. The predicted molar refractivity (Wildman–Crippen MR) is 60.3 cm³/mol. The summed E-state index contributed by atoms with van der Waals surface area (Å²) in [6, 6.07) is 0. The zero-order valence-electron chi connectivity index (χ0n) is 10.1. The largest absolute Gasteiger partial charge is 0.505 e. The summed E-state index contributed by atoms with van der Waals surface area (Å²) in [5.74, 6) is 0.903. The summed E-state index contributed by atoms with van der Waals surface area (Å²) in [6.07, 6.45) is 2.93. The van der Waals surface area contributed by atoms with Crippen LogP contribution in [0, 0.1) is 17.3 Å². The van der Waals surface area contributed by atoms with Gasteiger partial charge in [0.25, 0.3) is 0 Å². The lowest BCUT2D eigenvalue weighted by Gasteiger charge is -2.37. The minimum Gasteiger partial charge on any atom is -0.450 e. The standard InChI is InChI=1S/C12H22O4/c1-12(2,8-13)10-5-3-9(4-6-10)7-16-11(14)15/h9-10,13H,3-8H2,1-2H3,(H,14,15). The maximum absolute atomic E-state index is 10.3. The quantitative estimate of drug-likeness (QED) is 0.728. The Bertz CT molecular complexity index is 229. The van der Waals surface area contributed by atoms with E-state index in [1.165, 1.54) is 0 Å². The molecule has 0 unspecified atom stereocenters. The number of hydrogen-bond donors (Lipinski definition) is 2. The molecule has 4 nitrogen and oxygen atoms in total. The van der Waals surface area contributed by atoms with Crippen LogP contribution in [-0.2, 0) is 4.74 Å². The van der Waals surface area contributed by atoms with Gasteiger partial charge >= 0.3 is 6.16 Å². The molecular weight excluding hydrogens is 208 g/mol. The molecule has 1 fully saturated rings. The van der Waals surface area contributed by atoms with E-state index in [-0.39, 0.29) is 12.0 Å². The highest BCUT2D eigenvalue weighted by Gasteiger charge is 2.32. The van der Waals surface area contributed by atoms with Gasteiger partial charge in [0.1, 0.15) is 0 Å². The number of aliphatic hydroxyl groups is 1. The summed E-state index contributed by atoms with van der Waals surface area (Å²) in [5.41, 5.74) is -0.0153. The van der Waals surface area contributed by atoms with Gasteiger partial charge in [0.05, 0.1) is 6.61 Å². The van der Waals surface area contributed by atoms with Gasteiger partial charge in [-0.25, -0.2) is 4.79 Å². The molecule has 0 aromatic heterocycles. The molecule has 0 aliphatic heterocycles. The van der Waals surface area contributed by atoms with Gasteiger partial charge in [-0.1, -0.05) is 13.8 Å². The van der Waals surface area contributed by atoms with Gasteiger partial charge in [0.15, 0.2) is 0 Å². The van der Waals surface area contributed by atoms with Crippen LogP contribution in [0.4, 0.5) is 4.79 Å². The third-order valence-electron chi connectivity index (χ3n) is 3.80. The van der Waals surface area contributed by atoms with E-state index in [1.807, 2.05) is 0 Å². The zero-order valence-corrected chi connectivity index (χ0v) is 10.1. The lowest BCUT2D eigenvalue weighted by molar-refractivity contribution is 0.0375. The minimum absolute atomic E-state index is 0.0153. The Morgan fingerprint density at radius 2 is 1.88 bits per heavy atom. The molecule has 0 aromatic rings. The molecule has 2 N–H and O–H groups in total. The van der Waals surface area contributed by atoms with E-state index in [4.69, 9.17) is 5.11 Å². The van der Waals surface area contributed by atoms with E-state index >= 15 is 0 Å². The van der Waals surface area contributed by atoms with E-state index in [0.29, 0.717) is 18.4 Å². The van der Waals surface area contributed by atoms with Crippen molar-refractivity contribution >= 4 is 6.16 Å². The Morgan fingerprint density at radius 3 is 2.31 bits per heavy atom. The van der Waals surface area contributed by atoms with Gasteiger partial charge in [0.2, 0.25) is 0 Å². The van der Waals surface area contributed by atoms with Crippen molar-refractivity contribution in [2.24, 2.45) is 17.3 Å². The average molecular weight is 230 g/mol. The molecule has 0 spiro atoms. The molecule has 1 saturated carbocycles. The fourth-order valence-corrected chi connectivity index (χ4v) is 2.43. The molecule has 1 aliphatic rings. The number of rotatable bonds is 4. The van der Waals surface area contributed by atoms with Crippen molar-refractivity contribution in [3.63, 3.8) is 0 Å². The first-order valence-electron chi connectivity index (χ1n) is 5.92. The lowest BCUT2D eigenvalue weighted by atomic mass is 9.69. The fourth-order valence-electron chi connectivity index (χ4n) is 2.43. The molecule has 0 atom stereocenters. The normalized spacial score (nSPS) is 26.4. The van der Waals surface area contributed by atoms with Crippen molar-refractivity contribution in [3.8, 4) is 0 Å². The number of ether oxygens (including phenoxy) is 1. The third kappa shape index (κ3) is 3.67. The summed E-state index contributed by atoms with van der Waals surface area (Å²) in [4.78, 5) is 10.3. The van der Waals surface area contributed by atoms with Crippen LogP contribution in [0.25, 0.3) is 0 Å². The molecule has 0 bridgehead atoms. The molecule has 0 radical (unpaired) electrons. The fraction of sp³-hybridized carbons (Fsp3) is 0.917. The smallest absolute Gasteiger partial charge is 0.450 e. The first kappa shape index (κ1) is 13.3. The number of aliphatic hydroxyl groups excluding tert-OH is 1. The van der Waals surface area contributed by atoms with Crippen LogP contribution < -0.4 is 0 Å². The maximum atomic E-state index is 10.3. The van der Waals surface area contributed by atoms with Crippen LogP contribution in [0.2, 0.25) is 0 Å². The van der Waals surface area contributed by atoms with Gasteiger partial charge in [-0.3, -0.25) is 0 Å². The van der Waals surface area contributed by atoms with Crippen LogP contribution in [0.3, 0.4) is 0 Å². The zero-order chi connectivity index (χ0) is 12.2. The SMILES string of the molecule is CC(C)(CO)C1CCC(COC(=O)O)CC1. The molecule has 94 valence electrons. The number of hydrogen-bond acceptors (Lipinski definition) is 3. The average Bonchev–Trinajstić information content (AvgIpc) is 2.27. The van der Waals surface area contributed by atoms with Crippen molar-refractivity contribution in [2.45, 2.75) is 39.5 Å². The van der Waals surface area contributed by atoms with Crippen LogP contribution >= 0.6 is 0 Å². The second-order valence-electron chi connectivity index (χ2n) is 5.44. The summed E-state index contributed by atoms with van der Waals surface area (Å²) in [6.45, 7) is 4.72. The lowest BCUT2D eigenvalue weighted by Crippen LogP contribution is -2.32. The Labute approximate surface area is 96.6 Å². The second kappa shape index (κ2) is 5.53. The molecule has 1 aliphatic carbocycles. The second-order valence-corrected chi connectivity index (χ2v) is 5.44. The molecular formula is C12H22O4. The number of carbonyl (C=O) groups is 1. The van der Waals surface area contributed by atoms with Crippen molar-refractivity contribution in [1.82, 2.24) is 0 Å². The monoisotopic (exact) mass is 230 g/mol. The van der Waals surface area contributed by atoms with E-state index in [0.717, 1.165) is 25.7 Å².